The molecule has 2 aromatic rings. The van der Waals surface area contributed by atoms with E-state index in [4.69, 9.17) is 5.11 Å². The van der Waals surface area contributed by atoms with Crippen LogP contribution in [0, 0.1) is 12.8 Å². The molecule has 116 valence electrons. The number of rotatable bonds is 3. The van der Waals surface area contributed by atoms with E-state index in [9.17, 15) is 4.79 Å². The molecule has 1 fully saturated rings. The molecular formula is C18H22N2O2. The van der Waals surface area contributed by atoms with Crippen molar-refractivity contribution in [3.8, 4) is 0 Å². The van der Waals surface area contributed by atoms with Gasteiger partial charge in [0, 0.05) is 25.5 Å². The Morgan fingerprint density at radius 2 is 1.91 bits per heavy atom. The average Bonchev–Trinajstić information content (AvgIpc) is 2.98. The van der Waals surface area contributed by atoms with Gasteiger partial charge in [-0.1, -0.05) is 30.3 Å². The van der Waals surface area contributed by atoms with Crippen molar-refractivity contribution in [1.29, 1.82) is 0 Å². The Morgan fingerprint density at radius 1 is 1.23 bits per heavy atom. The minimum Gasteiger partial charge on any atom is -0.481 e. The van der Waals surface area contributed by atoms with Gasteiger partial charge in [-0.25, -0.2) is 0 Å². The smallest absolute Gasteiger partial charge is 0.307 e. The zero-order chi connectivity index (χ0) is 15.8. The first kappa shape index (κ1) is 16.2. The second-order valence-electron chi connectivity index (χ2n) is 5.57. The van der Waals surface area contributed by atoms with Gasteiger partial charge in [0.15, 0.2) is 0 Å². The van der Waals surface area contributed by atoms with Crippen LogP contribution in [0.1, 0.15) is 17.5 Å². The van der Waals surface area contributed by atoms with Crippen molar-refractivity contribution in [3.05, 3.63) is 66.0 Å². The zero-order valence-electron chi connectivity index (χ0n) is 12.9. The third-order valence-corrected chi connectivity index (χ3v) is 3.72. The second-order valence-corrected chi connectivity index (χ2v) is 5.57. The Kier molecular flexibility index (Phi) is 6.10. The van der Waals surface area contributed by atoms with Crippen molar-refractivity contribution in [1.82, 2.24) is 9.88 Å². The van der Waals surface area contributed by atoms with Gasteiger partial charge in [0.1, 0.15) is 0 Å². The molecule has 1 N–H and O–H groups in total. The van der Waals surface area contributed by atoms with Crippen molar-refractivity contribution in [2.75, 3.05) is 13.1 Å². The number of hydrogen-bond donors (Lipinski definition) is 1. The summed E-state index contributed by atoms with van der Waals surface area (Å²) in [6.45, 7) is 4.49. The summed E-state index contributed by atoms with van der Waals surface area (Å²) in [7, 11) is 0. The molecule has 1 aromatic carbocycles. The number of pyridine rings is 1. The Bertz CT molecular complexity index is 572. The van der Waals surface area contributed by atoms with Crippen LogP contribution in [0.5, 0.6) is 0 Å². The lowest BCUT2D eigenvalue weighted by atomic mass is 10.1. The number of carboxylic acids is 1. The van der Waals surface area contributed by atoms with Gasteiger partial charge in [-0.3, -0.25) is 14.7 Å². The summed E-state index contributed by atoms with van der Waals surface area (Å²) in [6.07, 6.45) is 4.35. The number of aromatic nitrogens is 1. The monoisotopic (exact) mass is 298 g/mol. The number of likely N-dealkylation sites (tertiary alicyclic amines) is 1. The lowest BCUT2D eigenvalue weighted by Crippen LogP contribution is -2.22. The molecule has 22 heavy (non-hydrogen) atoms. The van der Waals surface area contributed by atoms with Crippen LogP contribution in [0.3, 0.4) is 0 Å². The van der Waals surface area contributed by atoms with Crippen LogP contribution in [0.2, 0.25) is 0 Å². The number of carbonyl (C=O) groups is 1. The van der Waals surface area contributed by atoms with Crippen molar-refractivity contribution < 1.29 is 9.90 Å². The van der Waals surface area contributed by atoms with E-state index in [1.54, 1.807) is 12.4 Å². The van der Waals surface area contributed by atoms with Gasteiger partial charge in [0.05, 0.1) is 5.92 Å². The second kappa shape index (κ2) is 8.29. The maximum absolute atomic E-state index is 10.8. The SMILES string of the molecule is Cc1ccncc1.O=C(O)C1CCN(Cc2ccccc2)C1. The number of aliphatic carboxylic acids is 1. The minimum absolute atomic E-state index is 0.172. The lowest BCUT2D eigenvalue weighted by molar-refractivity contribution is -0.141. The fourth-order valence-corrected chi connectivity index (χ4v) is 2.45. The van der Waals surface area contributed by atoms with Gasteiger partial charge in [-0.05, 0) is 43.1 Å². The molecule has 1 atom stereocenters. The van der Waals surface area contributed by atoms with Gasteiger partial charge in [0.2, 0.25) is 0 Å². The first-order valence-corrected chi connectivity index (χ1v) is 7.51. The number of benzene rings is 1. The van der Waals surface area contributed by atoms with Crippen LogP contribution in [0.25, 0.3) is 0 Å². The van der Waals surface area contributed by atoms with Crippen molar-refractivity contribution >= 4 is 5.97 Å². The fourth-order valence-electron chi connectivity index (χ4n) is 2.45. The third kappa shape index (κ3) is 5.30. The van der Waals surface area contributed by atoms with Crippen LogP contribution in [-0.4, -0.2) is 34.0 Å². The van der Waals surface area contributed by atoms with Gasteiger partial charge in [-0.15, -0.1) is 0 Å². The van der Waals surface area contributed by atoms with E-state index in [-0.39, 0.29) is 5.92 Å². The predicted molar refractivity (Wildman–Crippen MR) is 86.4 cm³/mol. The van der Waals surface area contributed by atoms with Gasteiger partial charge >= 0.3 is 5.97 Å². The van der Waals surface area contributed by atoms with E-state index in [1.165, 1.54) is 11.1 Å². The number of nitrogens with zero attached hydrogens (tertiary/aromatic N) is 2. The molecule has 2 heterocycles. The molecule has 0 amide bonds. The molecule has 4 nitrogen and oxygen atoms in total. The van der Waals surface area contributed by atoms with E-state index in [0.717, 1.165) is 19.5 Å². The summed E-state index contributed by atoms with van der Waals surface area (Å²) in [5.74, 6) is -0.834. The number of aryl methyl sites for hydroxylation is 1. The van der Waals surface area contributed by atoms with Crippen LogP contribution in [-0.2, 0) is 11.3 Å². The summed E-state index contributed by atoms with van der Waals surface area (Å²) < 4.78 is 0. The molecule has 0 bridgehead atoms. The summed E-state index contributed by atoms with van der Waals surface area (Å²) in [4.78, 5) is 16.8. The summed E-state index contributed by atoms with van der Waals surface area (Å²) in [5, 5.41) is 8.87. The highest BCUT2D eigenvalue weighted by Gasteiger charge is 2.27. The van der Waals surface area contributed by atoms with Gasteiger partial charge in [-0.2, -0.15) is 0 Å². The normalized spacial score (nSPS) is 17.6. The van der Waals surface area contributed by atoms with E-state index in [2.05, 4.69) is 22.0 Å². The minimum atomic E-state index is -0.662. The number of hydrogen-bond acceptors (Lipinski definition) is 3. The van der Waals surface area contributed by atoms with Crippen LogP contribution >= 0.6 is 0 Å². The van der Waals surface area contributed by atoms with Crippen LogP contribution in [0.15, 0.2) is 54.9 Å². The number of carboxylic acid groups (broad SMARTS) is 1. The van der Waals surface area contributed by atoms with Crippen LogP contribution < -0.4 is 0 Å². The molecule has 1 aromatic heterocycles. The first-order valence-electron chi connectivity index (χ1n) is 7.51. The first-order chi connectivity index (χ1) is 10.6. The lowest BCUT2D eigenvalue weighted by Gasteiger charge is -2.14. The molecule has 1 aliphatic rings. The Hall–Kier alpha value is -2.20. The molecule has 1 saturated heterocycles. The summed E-state index contributed by atoms with van der Waals surface area (Å²) in [6, 6.07) is 14.1. The predicted octanol–water partition coefficient (Wildman–Crippen LogP) is 2.98. The summed E-state index contributed by atoms with van der Waals surface area (Å²) >= 11 is 0. The van der Waals surface area contributed by atoms with Crippen molar-refractivity contribution in [2.45, 2.75) is 19.9 Å². The van der Waals surface area contributed by atoms with E-state index < -0.39 is 5.97 Å². The topological polar surface area (TPSA) is 53.4 Å². The molecule has 0 saturated carbocycles. The maximum Gasteiger partial charge on any atom is 0.307 e. The van der Waals surface area contributed by atoms with Gasteiger partial charge in [0.25, 0.3) is 0 Å². The maximum atomic E-state index is 10.8. The Morgan fingerprint density at radius 3 is 2.41 bits per heavy atom. The van der Waals surface area contributed by atoms with E-state index in [0.29, 0.717) is 6.54 Å². The van der Waals surface area contributed by atoms with Crippen molar-refractivity contribution in [2.24, 2.45) is 5.92 Å². The molecule has 4 heteroatoms. The molecule has 0 radical (unpaired) electrons. The Balaban J connectivity index is 0.000000211. The quantitative estimate of drug-likeness (QED) is 0.946. The standard InChI is InChI=1S/C12H15NO2.C6H7N/c14-12(15)11-6-7-13(9-11)8-10-4-2-1-3-5-10;1-6-2-4-7-5-3-6/h1-5,11H,6-9H2,(H,14,15);2-5H,1H3. The summed E-state index contributed by atoms with van der Waals surface area (Å²) in [5.41, 5.74) is 2.51. The molecular weight excluding hydrogens is 276 g/mol. The zero-order valence-corrected chi connectivity index (χ0v) is 12.9. The van der Waals surface area contributed by atoms with Gasteiger partial charge < -0.3 is 5.11 Å². The molecule has 1 aliphatic heterocycles. The molecule has 1 unspecified atom stereocenters. The highest BCUT2D eigenvalue weighted by atomic mass is 16.4. The highest BCUT2D eigenvalue weighted by molar-refractivity contribution is 5.70. The molecule has 0 aliphatic carbocycles. The fraction of sp³-hybridized carbons (Fsp3) is 0.333. The Labute approximate surface area is 131 Å². The van der Waals surface area contributed by atoms with Crippen molar-refractivity contribution in [3.63, 3.8) is 0 Å². The van der Waals surface area contributed by atoms with Crippen LogP contribution in [0.4, 0.5) is 0 Å². The average molecular weight is 298 g/mol. The largest absolute Gasteiger partial charge is 0.481 e. The molecule has 0 spiro atoms. The van der Waals surface area contributed by atoms with E-state index >= 15 is 0 Å². The van der Waals surface area contributed by atoms with E-state index in [1.807, 2.05) is 37.3 Å². The molecule has 3 rings (SSSR count). The third-order valence-electron chi connectivity index (χ3n) is 3.72. The highest BCUT2D eigenvalue weighted by Crippen LogP contribution is 2.18.